The quantitative estimate of drug-likeness (QED) is 0.668. The lowest BCUT2D eigenvalue weighted by Gasteiger charge is -2.05. The zero-order valence-electron chi connectivity index (χ0n) is 13.1. The number of rotatable bonds is 5. The molecule has 0 saturated heterocycles. The van der Waals surface area contributed by atoms with Gasteiger partial charge in [-0.2, -0.15) is 0 Å². The van der Waals surface area contributed by atoms with Crippen LogP contribution in [0.2, 0.25) is 0 Å². The van der Waals surface area contributed by atoms with Crippen LogP contribution in [0.4, 0.5) is 9.52 Å². The van der Waals surface area contributed by atoms with Crippen LogP contribution in [0, 0.1) is 5.82 Å². The van der Waals surface area contributed by atoms with E-state index in [0.29, 0.717) is 5.13 Å². The van der Waals surface area contributed by atoms with Gasteiger partial charge >= 0.3 is 0 Å². The molecule has 0 aliphatic rings. The van der Waals surface area contributed by atoms with Crippen LogP contribution in [-0.2, 0) is 6.42 Å². The van der Waals surface area contributed by atoms with E-state index in [-0.39, 0.29) is 5.82 Å². The molecule has 0 amide bonds. The van der Waals surface area contributed by atoms with Gasteiger partial charge in [0.1, 0.15) is 5.82 Å². The van der Waals surface area contributed by atoms with Gasteiger partial charge in [0.25, 0.3) is 0 Å². The van der Waals surface area contributed by atoms with Gasteiger partial charge < -0.3 is 5.73 Å². The molecule has 0 unspecified atom stereocenters. The largest absolute Gasteiger partial charge is 0.375 e. The van der Waals surface area contributed by atoms with Crippen LogP contribution in [0.3, 0.4) is 0 Å². The number of nitrogens with zero attached hydrogens (tertiary/aromatic N) is 1. The number of thiazole rings is 1. The fourth-order valence-corrected chi connectivity index (χ4v) is 3.40. The van der Waals surface area contributed by atoms with Crippen molar-refractivity contribution in [2.24, 2.45) is 0 Å². The van der Waals surface area contributed by atoms with E-state index in [1.165, 1.54) is 41.9 Å². The van der Waals surface area contributed by atoms with E-state index in [4.69, 9.17) is 5.73 Å². The normalized spacial score (nSPS) is 10.9. The first-order chi connectivity index (χ1) is 11.2. The lowest BCUT2D eigenvalue weighted by Crippen LogP contribution is -1.87. The number of hydrogen-bond donors (Lipinski definition) is 1. The molecule has 0 atom stereocenters. The molecule has 3 aromatic rings. The lowest BCUT2D eigenvalue weighted by molar-refractivity contribution is 0.628. The molecule has 2 N–H and O–H groups in total. The van der Waals surface area contributed by atoms with E-state index < -0.39 is 0 Å². The van der Waals surface area contributed by atoms with Gasteiger partial charge in [-0.1, -0.05) is 61.1 Å². The van der Waals surface area contributed by atoms with E-state index in [1.807, 2.05) is 0 Å². The summed E-state index contributed by atoms with van der Waals surface area (Å²) >= 11 is 1.43. The van der Waals surface area contributed by atoms with Crippen molar-refractivity contribution in [2.45, 2.75) is 26.2 Å². The molecule has 2 aromatic carbocycles. The van der Waals surface area contributed by atoms with E-state index in [2.05, 4.69) is 36.2 Å². The second-order valence-corrected chi connectivity index (χ2v) is 6.57. The van der Waals surface area contributed by atoms with Gasteiger partial charge in [0.2, 0.25) is 0 Å². The van der Waals surface area contributed by atoms with Gasteiger partial charge in [0.05, 0.1) is 10.6 Å². The van der Waals surface area contributed by atoms with Crippen LogP contribution < -0.4 is 5.73 Å². The van der Waals surface area contributed by atoms with Crippen molar-refractivity contribution >= 4 is 16.5 Å². The van der Waals surface area contributed by atoms with Crippen LogP contribution in [0.15, 0.2) is 48.5 Å². The fourth-order valence-electron chi connectivity index (χ4n) is 2.54. The van der Waals surface area contributed by atoms with Crippen LogP contribution in [0.5, 0.6) is 0 Å². The van der Waals surface area contributed by atoms with Crippen molar-refractivity contribution in [3.63, 3.8) is 0 Å². The highest BCUT2D eigenvalue weighted by atomic mass is 32.1. The number of aryl methyl sites for hydroxylation is 1. The predicted octanol–water partition coefficient (Wildman–Crippen LogP) is 5.54. The summed E-state index contributed by atoms with van der Waals surface area (Å²) in [6.45, 7) is 2.20. The third kappa shape index (κ3) is 3.59. The first kappa shape index (κ1) is 15.7. The van der Waals surface area contributed by atoms with Crippen molar-refractivity contribution in [3.05, 3.63) is 59.9 Å². The predicted molar refractivity (Wildman–Crippen MR) is 96.0 cm³/mol. The van der Waals surface area contributed by atoms with Crippen molar-refractivity contribution in [1.82, 2.24) is 4.98 Å². The van der Waals surface area contributed by atoms with Crippen molar-refractivity contribution < 1.29 is 4.39 Å². The van der Waals surface area contributed by atoms with Crippen LogP contribution >= 0.6 is 11.3 Å². The minimum absolute atomic E-state index is 0.243. The standard InChI is InChI=1S/C19H19FN2S/c1-2-3-4-13-5-7-14(8-6-13)17-18(23-19(21)22-17)15-9-11-16(20)12-10-15/h5-12H,2-4H2,1H3,(H2,21,22). The molecular formula is C19H19FN2S. The molecule has 1 heterocycles. The molecule has 1 aromatic heterocycles. The molecule has 3 rings (SSSR count). The van der Waals surface area contributed by atoms with Crippen LogP contribution in [-0.4, -0.2) is 4.98 Å². The molecule has 23 heavy (non-hydrogen) atoms. The van der Waals surface area contributed by atoms with Gasteiger partial charge in [-0.3, -0.25) is 0 Å². The first-order valence-electron chi connectivity index (χ1n) is 7.79. The van der Waals surface area contributed by atoms with E-state index in [0.717, 1.165) is 28.1 Å². The summed E-state index contributed by atoms with van der Waals surface area (Å²) in [6, 6.07) is 14.9. The fraction of sp³-hybridized carbons (Fsp3) is 0.211. The molecule has 0 aliphatic carbocycles. The monoisotopic (exact) mass is 326 g/mol. The Hall–Kier alpha value is -2.20. The third-order valence-corrected chi connectivity index (χ3v) is 4.73. The Morgan fingerprint density at radius 3 is 2.30 bits per heavy atom. The molecular weight excluding hydrogens is 307 g/mol. The summed E-state index contributed by atoms with van der Waals surface area (Å²) in [4.78, 5) is 5.45. The topological polar surface area (TPSA) is 38.9 Å². The zero-order valence-corrected chi connectivity index (χ0v) is 13.9. The molecule has 118 valence electrons. The van der Waals surface area contributed by atoms with Gasteiger partial charge in [0.15, 0.2) is 5.13 Å². The molecule has 0 bridgehead atoms. The summed E-state index contributed by atoms with van der Waals surface area (Å²) in [5, 5.41) is 0.523. The Balaban J connectivity index is 1.95. The number of nitrogen functional groups attached to an aromatic ring is 1. The summed E-state index contributed by atoms with van der Waals surface area (Å²) in [5.74, 6) is -0.243. The third-order valence-electron chi connectivity index (χ3n) is 3.80. The number of hydrogen-bond acceptors (Lipinski definition) is 3. The zero-order chi connectivity index (χ0) is 16.2. The second kappa shape index (κ2) is 6.92. The summed E-state index contributed by atoms with van der Waals surface area (Å²) in [5.41, 5.74) is 10.1. The molecule has 0 aliphatic heterocycles. The van der Waals surface area contributed by atoms with Crippen molar-refractivity contribution in [1.29, 1.82) is 0 Å². The smallest absolute Gasteiger partial charge is 0.181 e. The van der Waals surface area contributed by atoms with Crippen molar-refractivity contribution in [2.75, 3.05) is 5.73 Å². The maximum Gasteiger partial charge on any atom is 0.181 e. The summed E-state index contributed by atoms with van der Waals surface area (Å²) in [7, 11) is 0. The average molecular weight is 326 g/mol. The Kier molecular flexibility index (Phi) is 4.72. The molecule has 0 fully saturated rings. The highest BCUT2D eigenvalue weighted by molar-refractivity contribution is 7.19. The second-order valence-electron chi connectivity index (χ2n) is 5.54. The summed E-state index contributed by atoms with van der Waals surface area (Å²) < 4.78 is 13.1. The molecule has 0 saturated carbocycles. The van der Waals surface area contributed by atoms with E-state index in [9.17, 15) is 4.39 Å². The number of aromatic nitrogens is 1. The Morgan fingerprint density at radius 1 is 1.00 bits per heavy atom. The minimum Gasteiger partial charge on any atom is -0.375 e. The SMILES string of the molecule is CCCCc1ccc(-c2nc(N)sc2-c2ccc(F)cc2)cc1. The summed E-state index contributed by atoms with van der Waals surface area (Å²) in [6.07, 6.45) is 3.49. The van der Waals surface area contributed by atoms with Gasteiger partial charge in [-0.05, 0) is 36.1 Å². The lowest BCUT2D eigenvalue weighted by atomic mass is 10.0. The van der Waals surface area contributed by atoms with E-state index >= 15 is 0 Å². The highest BCUT2D eigenvalue weighted by Crippen LogP contribution is 2.38. The van der Waals surface area contributed by atoms with Crippen LogP contribution in [0.1, 0.15) is 25.3 Å². The number of anilines is 1. The van der Waals surface area contributed by atoms with Crippen LogP contribution in [0.25, 0.3) is 21.7 Å². The maximum absolute atomic E-state index is 13.1. The maximum atomic E-state index is 13.1. The van der Waals surface area contributed by atoms with Gasteiger partial charge in [-0.15, -0.1) is 0 Å². The van der Waals surface area contributed by atoms with Gasteiger partial charge in [0, 0.05) is 5.56 Å². The van der Waals surface area contributed by atoms with E-state index in [1.54, 1.807) is 12.1 Å². The number of benzene rings is 2. The molecule has 0 spiro atoms. The average Bonchev–Trinajstić information content (AvgIpc) is 2.96. The Morgan fingerprint density at radius 2 is 1.65 bits per heavy atom. The molecule has 2 nitrogen and oxygen atoms in total. The first-order valence-corrected chi connectivity index (χ1v) is 8.60. The Labute approximate surface area is 139 Å². The highest BCUT2D eigenvalue weighted by Gasteiger charge is 2.13. The molecule has 4 heteroatoms. The van der Waals surface area contributed by atoms with Gasteiger partial charge in [-0.25, -0.2) is 9.37 Å². The number of unbranched alkanes of at least 4 members (excludes halogenated alkanes) is 1. The number of halogens is 1. The molecule has 0 radical (unpaired) electrons. The minimum atomic E-state index is -0.243. The van der Waals surface area contributed by atoms with Crippen molar-refractivity contribution in [3.8, 4) is 21.7 Å². The number of nitrogens with two attached hydrogens (primary N) is 1. The Bertz CT molecular complexity index is 776.